The summed E-state index contributed by atoms with van der Waals surface area (Å²) >= 11 is 0.960. The van der Waals surface area contributed by atoms with E-state index in [9.17, 15) is 26.7 Å². The molecule has 0 atom stereocenters. The molecule has 0 spiro atoms. The molecule has 0 unspecified atom stereocenters. The summed E-state index contributed by atoms with van der Waals surface area (Å²) < 4.78 is 68.2. The van der Waals surface area contributed by atoms with Crippen molar-refractivity contribution in [3.63, 3.8) is 0 Å². The number of nitrogens with one attached hydrogen (secondary N) is 1. The molecule has 0 saturated heterocycles. The molecule has 0 aliphatic heterocycles. The molecule has 6 nitrogen and oxygen atoms in total. The molecule has 0 aliphatic rings. The van der Waals surface area contributed by atoms with Gasteiger partial charge >= 0.3 is 12.8 Å². The fourth-order valence-electron chi connectivity index (χ4n) is 2.50. The molecule has 2 heterocycles. The summed E-state index contributed by atoms with van der Waals surface area (Å²) in [6.45, 7) is -2.59. The van der Waals surface area contributed by atoms with Crippen LogP contribution in [0.15, 0.2) is 47.8 Å². The SMILES string of the molecule is O=C(CSc1nnc2ccc(C(F)(F)F)cn12)NCCc1ccc(OC(F)F)cc1. The van der Waals surface area contributed by atoms with Crippen LogP contribution >= 0.6 is 11.8 Å². The Morgan fingerprint density at radius 1 is 1.13 bits per heavy atom. The van der Waals surface area contributed by atoms with E-state index in [-0.39, 0.29) is 28.2 Å². The highest BCUT2D eigenvalue weighted by molar-refractivity contribution is 7.99. The standard InChI is InChI=1S/C18H15F5N4O2S/c19-16(20)29-13-4-1-11(2-5-13)7-8-24-15(28)10-30-17-26-25-14-6-3-12(9-27(14)17)18(21,22)23/h1-6,9,16H,7-8,10H2,(H,24,28). The van der Waals surface area contributed by atoms with Gasteiger partial charge in [0.1, 0.15) is 5.75 Å². The minimum Gasteiger partial charge on any atom is -0.435 e. The Morgan fingerprint density at radius 2 is 1.87 bits per heavy atom. The third-order valence-electron chi connectivity index (χ3n) is 3.92. The first-order chi connectivity index (χ1) is 14.2. The minimum atomic E-state index is -4.50. The lowest BCUT2D eigenvalue weighted by atomic mass is 10.1. The number of fused-ring (bicyclic) bond motifs is 1. The van der Waals surface area contributed by atoms with E-state index in [4.69, 9.17) is 0 Å². The summed E-state index contributed by atoms with van der Waals surface area (Å²) in [6, 6.07) is 8.16. The molecule has 0 radical (unpaired) electrons. The Labute approximate surface area is 171 Å². The first-order valence-corrected chi connectivity index (χ1v) is 9.56. The van der Waals surface area contributed by atoms with E-state index in [0.29, 0.717) is 13.0 Å². The van der Waals surface area contributed by atoms with Gasteiger partial charge in [0.15, 0.2) is 10.8 Å². The van der Waals surface area contributed by atoms with E-state index < -0.39 is 18.4 Å². The normalized spacial score (nSPS) is 11.8. The quantitative estimate of drug-likeness (QED) is 0.421. The molecule has 12 heteroatoms. The van der Waals surface area contributed by atoms with Gasteiger partial charge < -0.3 is 10.1 Å². The fraction of sp³-hybridized carbons (Fsp3) is 0.278. The van der Waals surface area contributed by atoms with E-state index in [1.807, 2.05) is 0 Å². The van der Waals surface area contributed by atoms with Gasteiger partial charge in [-0.3, -0.25) is 9.20 Å². The van der Waals surface area contributed by atoms with Gasteiger partial charge in [0.25, 0.3) is 0 Å². The van der Waals surface area contributed by atoms with Gasteiger partial charge in [-0.05, 0) is 36.2 Å². The van der Waals surface area contributed by atoms with Crippen molar-refractivity contribution < 1.29 is 31.5 Å². The third kappa shape index (κ3) is 5.81. The van der Waals surface area contributed by atoms with Gasteiger partial charge in [0.05, 0.1) is 11.3 Å². The number of amides is 1. The lowest BCUT2D eigenvalue weighted by Crippen LogP contribution is -2.27. The molecule has 0 aliphatic carbocycles. The van der Waals surface area contributed by atoms with Crippen LogP contribution in [0.1, 0.15) is 11.1 Å². The van der Waals surface area contributed by atoms with Crippen molar-refractivity contribution in [1.82, 2.24) is 19.9 Å². The minimum absolute atomic E-state index is 0.0448. The van der Waals surface area contributed by atoms with Gasteiger partial charge in [0.2, 0.25) is 5.91 Å². The van der Waals surface area contributed by atoms with Gasteiger partial charge in [-0.25, -0.2) is 0 Å². The molecular formula is C18H15F5N4O2S. The molecule has 1 aromatic carbocycles. The van der Waals surface area contributed by atoms with Gasteiger partial charge in [-0.1, -0.05) is 23.9 Å². The van der Waals surface area contributed by atoms with Gasteiger partial charge in [-0.2, -0.15) is 22.0 Å². The Kier molecular flexibility index (Phi) is 6.75. The molecule has 0 fully saturated rings. The topological polar surface area (TPSA) is 68.5 Å². The predicted octanol–water partition coefficient (Wildman–Crippen LogP) is 3.80. The second-order valence-corrected chi connectivity index (χ2v) is 6.98. The fourth-order valence-corrected chi connectivity index (χ4v) is 3.25. The molecule has 1 N–H and O–H groups in total. The molecule has 3 rings (SSSR count). The summed E-state index contributed by atoms with van der Waals surface area (Å²) in [5.74, 6) is -0.345. The highest BCUT2D eigenvalue weighted by Gasteiger charge is 2.31. The number of halogens is 5. The largest absolute Gasteiger partial charge is 0.435 e. The van der Waals surface area contributed by atoms with E-state index in [1.165, 1.54) is 22.6 Å². The molecule has 0 saturated carbocycles. The summed E-state index contributed by atoms with van der Waals surface area (Å²) in [5.41, 5.74) is 0.212. The molecule has 2 aromatic heterocycles. The van der Waals surface area contributed by atoms with E-state index in [0.717, 1.165) is 29.6 Å². The first-order valence-electron chi connectivity index (χ1n) is 8.57. The highest BCUT2D eigenvalue weighted by atomic mass is 32.2. The smallest absolute Gasteiger partial charge is 0.417 e. The summed E-state index contributed by atoms with van der Waals surface area (Å²) in [4.78, 5) is 12.0. The Morgan fingerprint density at radius 3 is 2.53 bits per heavy atom. The molecule has 3 aromatic rings. The Bertz CT molecular complexity index is 1010. The van der Waals surface area contributed by atoms with Crippen molar-refractivity contribution in [2.24, 2.45) is 0 Å². The first kappa shape index (κ1) is 21.8. The van der Waals surface area contributed by atoms with E-state index in [1.54, 1.807) is 12.1 Å². The Balaban J connectivity index is 1.49. The monoisotopic (exact) mass is 446 g/mol. The van der Waals surface area contributed by atoms with Crippen molar-refractivity contribution in [3.8, 4) is 5.75 Å². The average Bonchev–Trinajstić information content (AvgIpc) is 3.09. The molecule has 1 amide bonds. The van der Waals surface area contributed by atoms with Crippen molar-refractivity contribution in [1.29, 1.82) is 0 Å². The summed E-state index contributed by atoms with van der Waals surface area (Å²) in [6.07, 6.45) is -3.15. The number of thioether (sulfide) groups is 1. The lowest BCUT2D eigenvalue weighted by molar-refractivity contribution is -0.137. The molecule has 160 valence electrons. The molecule has 30 heavy (non-hydrogen) atoms. The highest BCUT2D eigenvalue weighted by Crippen LogP contribution is 2.30. The van der Waals surface area contributed by atoms with Crippen molar-refractivity contribution in [2.45, 2.75) is 24.4 Å². The molecule has 0 bridgehead atoms. The lowest BCUT2D eigenvalue weighted by Gasteiger charge is -2.08. The number of benzene rings is 1. The van der Waals surface area contributed by atoms with Crippen molar-refractivity contribution in [2.75, 3.05) is 12.3 Å². The zero-order chi connectivity index (χ0) is 21.7. The van der Waals surface area contributed by atoms with Crippen LogP contribution < -0.4 is 10.1 Å². The number of aromatic nitrogens is 3. The number of rotatable bonds is 8. The maximum atomic E-state index is 12.9. The van der Waals surface area contributed by atoms with Crippen molar-refractivity contribution in [3.05, 3.63) is 53.7 Å². The zero-order valence-electron chi connectivity index (χ0n) is 15.2. The number of nitrogens with zero attached hydrogens (tertiary/aromatic N) is 3. The van der Waals surface area contributed by atoms with Crippen molar-refractivity contribution >= 4 is 23.3 Å². The van der Waals surface area contributed by atoms with Crippen LogP contribution in [0.4, 0.5) is 22.0 Å². The second kappa shape index (κ2) is 9.28. The Hall–Kier alpha value is -2.89. The second-order valence-electron chi connectivity index (χ2n) is 6.04. The predicted molar refractivity (Wildman–Crippen MR) is 98.5 cm³/mol. The van der Waals surface area contributed by atoms with Gasteiger partial charge in [0, 0.05) is 12.7 Å². The van der Waals surface area contributed by atoms with Crippen LogP contribution in [0.2, 0.25) is 0 Å². The van der Waals surface area contributed by atoms with Crippen LogP contribution in [-0.4, -0.2) is 39.4 Å². The number of pyridine rings is 1. The number of carbonyl (C=O) groups is 1. The number of hydrogen-bond donors (Lipinski definition) is 1. The van der Waals surface area contributed by atoms with Crippen LogP contribution in [0, 0.1) is 0 Å². The zero-order valence-corrected chi connectivity index (χ0v) is 16.0. The maximum Gasteiger partial charge on any atom is 0.417 e. The number of carbonyl (C=O) groups excluding carboxylic acids is 1. The summed E-state index contributed by atoms with van der Waals surface area (Å²) in [5, 5.41) is 10.4. The van der Waals surface area contributed by atoms with E-state index >= 15 is 0 Å². The van der Waals surface area contributed by atoms with Gasteiger partial charge in [-0.15, -0.1) is 10.2 Å². The van der Waals surface area contributed by atoms with Crippen LogP contribution in [0.3, 0.4) is 0 Å². The van der Waals surface area contributed by atoms with E-state index in [2.05, 4.69) is 20.3 Å². The van der Waals surface area contributed by atoms with Crippen LogP contribution in [0.25, 0.3) is 5.65 Å². The molecular weight excluding hydrogens is 431 g/mol. The number of ether oxygens (including phenoxy) is 1. The average molecular weight is 446 g/mol. The third-order valence-corrected chi connectivity index (χ3v) is 4.86. The number of hydrogen-bond acceptors (Lipinski definition) is 5. The number of alkyl halides is 5. The summed E-state index contributed by atoms with van der Waals surface area (Å²) in [7, 11) is 0. The maximum absolute atomic E-state index is 12.9. The van der Waals surface area contributed by atoms with Crippen LogP contribution in [0.5, 0.6) is 5.75 Å². The van der Waals surface area contributed by atoms with Crippen LogP contribution in [-0.2, 0) is 17.4 Å².